The SMILES string of the molecule is CCc1ccccc1Nc1c(N)sc2ccccc12.Cl. The number of fused-ring (bicyclic) bond motifs is 1. The van der Waals surface area contributed by atoms with Gasteiger partial charge in [-0.05, 0) is 24.1 Å². The maximum absolute atomic E-state index is 6.15. The summed E-state index contributed by atoms with van der Waals surface area (Å²) in [7, 11) is 0. The van der Waals surface area contributed by atoms with Gasteiger partial charge >= 0.3 is 0 Å². The summed E-state index contributed by atoms with van der Waals surface area (Å²) in [6.07, 6.45) is 1.01. The minimum atomic E-state index is 0. The molecule has 20 heavy (non-hydrogen) atoms. The Kier molecular flexibility index (Phi) is 4.53. The van der Waals surface area contributed by atoms with Crippen LogP contribution in [0.3, 0.4) is 0 Å². The average molecular weight is 305 g/mol. The summed E-state index contributed by atoms with van der Waals surface area (Å²) < 4.78 is 1.22. The molecular formula is C16H17ClN2S. The molecule has 0 aliphatic heterocycles. The highest BCUT2D eigenvalue weighted by atomic mass is 35.5. The Hall–Kier alpha value is -1.71. The Bertz CT molecular complexity index is 721. The van der Waals surface area contributed by atoms with Crippen LogP contribution in [0.2, 0.25) is 0 Å². The normalized spacial score (nSPS) is 10.2. The largest absolute Gasteiger partial charge is 0.389 e. The number of nitrogen functional groups attached to an aromatic ring is 1. The standard InChI is InChI=1S/C16H16N2S.ClH/c1-2-11-7-3-5-9-13(11)18-15-12-8-4-6-10-14(12)19-16(15)17;/h3-10,18H,2,17H2,1H3;1H. The number of para-hydroxylation sites is 1. The number of halogens is 1. The molecule has 0 amide bonds. The Labute approximate surface area is 129 Å². The van der Waals surface area contributed by atoms with E-state index in [1.807, 2.05) is 18.2 Å². The van der Waals surface area contributed by atoms with Crippen molar-refractivity contribution >= 4 is 50.2 Å². The molecule has 104 valence electrons. The molecule has 0 aliphatic rings. The van der Waals surface area contributed by atoms with Crippen LogP contribution >= 0.6 is 23.7 Å². The number of aryl methyl sites for hydroxylation is 1. The summed E-state index contributed by atoms with van der Waals surface area (Å²) in [5, 5.41) is 5.53. The van der Waals surface area contributed by atoms with Gasteiger partial charge in [-0.1, -0.05) is 43.3 Å². The molecule has 1 aromatic heterocycles. The van der Waals surface area contributed by atoms with Crippen LogP contribution in [0.15, 0.2) is 48.5 Å². The highest BCUT2D eigenvalue weighted by molar-refractivity contribution is 7.23. The van der Waals surface area contributed by atoms with Gasteiger partial charge in [-0.3, -0.25) is 0 Å². The first kappa shape index (κ1) is 14.7. The molecule has 0 saturated heterocycles. The van der Waals surface area contributed by atoms with Crippen molar-refractivity contribution in [2.45, 2.75) is 13.3 Å². The van der Waals surface area contributed by atoms with E-state index in [0.29, 0.717) is 0 Å². The minimum absolute atomic E-state index is 0. The second kappa shape index (κ2) is 6.16. The highest BCUT2D eigenvalue weighted by Gasteiger charge is 2.10. The summed E-state index contributed by atoms with van der Waals surface area (Å²) >= 11 is 1.63. The highest BCUT2D eigenvalue weighted by Crippen LogP contribution is 2.39. The lowest BCUT2D eigenvalue weighted by Gasteiger charge is -2.11. The third kappa shape index (κ3) is 2.60. The fraction of sp³-hybridized carbons (Fsp3) is 0.125. The fourth-order valence-electron chi connectivity index (χ4n) is 2.28. The fourth-order valence-corrected chi connectivity index (χ4v) is 3.21. The second-order valence-corrected chi connectivity index (χ2v) is 5.56. The van der Waals surface area contributed by atoms with Crippen molar-refractivity contribution in [3.63, 3.8) is 0 Å². The molecule has 0 radical (unpaired) electrons. The molecule has 0 saturated carbocycles. The monoisotopic (exact) mass is 304 g/mol. The summed E-state index contributed by atoms with van der Waals surface area (Å²) in [5.41, 5.74) is 9.62. The van der Waals surface area contributed by atoms with Crippen molar-refractivity contribution < 1.29 is 0 Å². The predicted octanol–water partition coefficient (Wildman–Crippen LogP) is 5.21. The van der Waals surface area contributed by atoms with E-state index in [2.05, 4.69) is 42.6 Å². The molecule has 0 unspecified atom stereocenters. The number of thiophene rings is 1. The Morgan fingerprint density at radius 3 is 2.55 bits per heavy atom. The molecule has 1 heterocycles. The van der Waals surface area contributed by atoms with Crippen LogP contribution in [0, 0.1) is 0 Å². The van der Waals surface area contributed by atoms with E-state index in [1.165, 1.54) is 15.6 Å². The van der Waals surface area contributed by atoms with Gasteiger partial charge in [0.25, 0.3) is 0 Å². The van der Waals surface area contributed by atoms with Crippen molar-refractivity contribution in [3.8, 4) is 0 Å². The molecule has 3 N–H and O–H groups in total. The molecule has 2 aromatic carbocycles. The zero-order chi connectivity index (χ0) is 13.2. The van der Waals surface area contributed by atoms with E-state index >= 15 is 0 Å². The first-order valence-electron chi connectivity index (χ1n) is 6.41. The molecular weight excluding hydrogens is 288 g/mol. The number of hydrogen-bond acceptors (Lipinski definition) is 3. The van der Waals surface area contributed by atoms with Crippen LogP contribution in [0.25, 0.3) is 10.1 Å². The molecule has 0 spiro atoms. The van der Waals surface area contributed by atoms with Crippen LogP contribution in [-0.4, -0.2) is 0 Å². The molecule has 0 fully saturated rings. The number of hydrogen-bond donors (Lipinski definition) is 2. The number of rotatable bonds is 3. The maximum atomic E-state index is 6.15. The van der Waals surface area contributed by atoms with Crippen molar-refractivity contribution in [2.75, 3.05) is 11.1 Å². The van der Waals surface area contributed by atoms with Gasteiger partial charge in [0.15, 0.2) is 0 Å². The van der Waals surface area contributed by atoms with Crippen molar-refractivity contribution in [3.05, 3.63) is 54.1 Å². The van der Waals surface area contributed by atoms with E-state index in [9.17, 15) is 0 Å². The first-order chi connectivity index (χ1) is 9.29. The summed E-state index contributed by atoms with van der Waals surface area (Å²) in [6, 6.07) is 16.7. The first-order valence-corrected chi connectivity index (χ1v) is 7.23. The molecule has 0 atom stereocenters. The summed E-state index contributed by atoms with van der Waals surface area (Å²) in [6.45, 7) is 2.16. The number of benzene rings is 2. The zero-order valence-corrected chi connectivity index (χ0v) is 12.9. The van der Waals surface area contributed by atoms with Crippen molar-refractivity contribution in [1.82, 2.24) is 0 Å². The van der Waals surface area contributed by atoms with Crippen LogP contribution < -0.4 is 11.1 Å². The van der Waals surface area contributed by atoms with Crippen LogP contribution in [-0.2, 0) is 6.42 Å². The summed E-state index contributed by atoms with van der Waals surface area (Å²) in [4.78, 5) is 0. The lowest BCUT2D eigenvalue weighted by atomic mass is 10.1. The molecule has 3 rings (SSSR count). The van der Waals surface area contributed by atoms with Gasteiger partial charge in [0.1, 0.15) is 5.00 Å². The molecule has 2 nitrogen and oxygen atoms in total. The van der Waals surface area contributed by atoms with Gasteiger partial charge in [-0.2, -0.15) is 0 Å². The third-order valence-corrected chi connectivity index (χ3v) is 4.28. The summed E-state index contributed by atoms with van der Waals surface area (Å²) in [5.74, 6) is 0. The van der Waals surface area contributed by atoms with E-state index in [0.717, 1.165) is 22.8 Å². The molecule has 4 heteroatoms. The van der Waals surface area contributed by atoms with Gasteiger partial charge in [0, 0.05) is 15.8 Å². The van der Waals surface area contributed by atoms with E-state index in [-0.39, 0.29) is 12.4 Å². The van der Waals surface area contributed by atoms with Gasteiger partial charge in [-0.25, -0.2) is 0 Å². The third-order valence-electron chi connectivity index (χ3n) is 3.28. The van der Waals surface area contributed by atoms with Gasteiger partial charge < -0.3 is 11.1 Å². The number of nitrogens with one attached hydrogen (secondary N) is 1. The zero-order valence-electron chi connectivity index (χ0n) is 11.2. The van der Waals surface area contributed by atoms with Gasteiger partial charge in [0.2, 0.25) is 0 Å². The van der Waals surface area contributed by atoms with E-state index in [4.69, 9.17) is 5.73 Å². The van der Waals surface area contributed by atoms with Crippen LogP contribution in [0.4, 0.5) is 16.4 Å². The molecule has 3 aromatic rings. The van der Waals surface area contributed by atoms with Crippen LogP contribution in [0.5, 0.6) is 0 Å². The van der Waals surface area contributed by atoms with E-state index < -0.39 is 0 Å². The Morgan fingerprint density at radius 2 is 1.75 bits per heavy atom. The van der Waals surface area contributed by atoms with E-state index in [1.54, 1.807) is 11.3 Å². The van der Waals surface area contributed by atoms with Crippen LogP contribution in [0.1, 0.15) is 12.5 Å². The Balaban J connectivity index is 0.00000147. The lowest BCUT2D eigenvalue weighted by Crippen LogP contribution is -1.96. The number of anilines is 3. The van der Waals surface area contributed by atoms with Crippen molar-refractivity contribution in [2.24, 2.45) is 0 Å². The average Bonchev–Trinajstić information content (AvgIpc) is 2.76. The molecule has 0 bridgehead atoms. The predicted molar refractivity (Wildman–Crippen MR) is 92.6 cm³/mol. The topological polar surface area (TPSA) is 38.0 Å². The Morgan fingerprint density at radius 1 is 1.05 bits per heavy atom. The second-order valence-electron chi connectivity index (χ2n) is 4.47. The molecule has 0 aliphatic carbocycles. The quantitative estimate of drug-likeness (QED) is 0.697. The number of nitrogens with two attached hydrogens (primary N) is 1. The van der Waals surface area contributed by atoms with Gasteiger partial charge in [-0.15, -0.1) is 23.7 Å². The maximum Gasteiger partial charge on any atom is 0.111 e. The smallest absolute Gasteiger partial charge is 0.111 e. The lowest BCUT2D eigenvalue weighted by molar-refractivity contribution is 1.14. The minimum Gasteiger partial charge on any atom is -0.389 e. The van der Waals surface area contributed by atoms with Gasteiger partial charge in [0.05, 0.1) is 5.69 Å². The van der Waals surface area contributed by atoms with Crippen molar-refractivity contribution in [1.29, 1.82) is 0 Å².